The van der Waals surface area contributed by atoms with Gasteiger partial charge >= 0.3 is 0 Å². The Morgan fingerprint density at radius 3 is 2.41 bits per heavy atom. The van der Waals surface area contributed by atoms with Gasteiger partial charge in [0.05, 0.1) is 26.9 Å². The number of amides is 1. The van der Waals surface area contributed by atoms with Gasteiger partial charge in [-0.3, -0.25) is 15.1 Å². The van der Waals surface area contributed by atoms with Crippen LogP contribution in [0.25, 0.3) is 6.08 Å². The first-order valence-corrected chi connectivity index (χ1v) is 11.1. The summed E-state index contributed by atoms with van der Waals surface area (Å²) < 4.78 is 27.8. The summed E-state index contributed by atoms with van der Waals surface area (Å²) in [6, 6.07) is 10.7. The summed E-state index contributed by atoms with van der Waals surface area (Å²) in [4.78, 5) is 18.1. The second-order valence-corrected chi connectivity index (χ2v) is 7.88. The number of rotatable bonds is 9. The molecule has 2 aliphatic rings. The van der Waals surface area contributed by atoms with Gasteiger partial charge in [0.25, 0.3) is 5.91 Å². The molecule has 0 bridgehead atoms. The van der Waals surface area contributed by atoms with Crippen LogP contribution >= 0.6 is 11.8 Å². The van der Waals surface area contributed by atoms with E-state index in [0.717, 1.165) is 0 Å². The van der Waals surface area contributed by atoms with Crippen LogP contribution in [0.3, 0.4) is 0 Å². The van der Waals surface area contributed by atoms with E-state index in [-0.39, 0.29) is 18.0 Å². The van der Waals surface area contributed by atoms with Gasteiger partial charge in [0.2, 0.25) is 5.75 Å². The summed E-state index contributed by atoms with van der Waals surface area (Å²) >= 11 is 1.30. The van der Waals surface area contributed by atoms with Crippen molar-refractivity contribution in [2.24, 2.45) is 4.99 Å². The number of ether oxygens (including phenoxy) is 5. The van der Waals surface area contributed by atoms with Crippen LogP contribution in [0.5, 0.6) is 28.7 Å². The molecule has 0 atom stereocenters. The second kappa shape index (κ2) is 10.3. The molecule has 0 spiro atoms. The molecule has 0 saturated carbocycles. The molecule has 4 rings (SSSR count). The summed E-state index contributed by atoms with van der Waals surface area (Å²) in [5.41, 5.74) is 0.775. The summed E-state index contributed by atoms with van der Waals surface area (Å²) in [5, 5.41) is 10.6. The van der Waals surface area contributed by atoms with Crippen LogP contribution in [-0.4, -0.2) is 56.4 Å². The summed E-state index contributed by atoms with van der Waals surface area (Å²) in [6.45, 7) is 0.530. The van der Waals surface area contributed by atoms with E-state index in [4.69, 9.17) is 29.1 Å². The summed E-state index contributed by atoms with van der Waals surface area (Å²) in [5.74, 6) is 2.21. The average Bonchev–Trinajstić information content (AvgIpc) is 3.33. The van der Waals surface area contributed by atoms with Gasteiger partial charge in [-0.25, -0.2) is 0 Å². The van der Waals surface area contributed by atoms with E-state index in [2.05, 4.69) is 4.99 Å². The first kappa shape index (κ1) is 23.2. The van der Waals surface area contributed by atoms with E-state index in [9.17, 15) is 4.79 Å². The molecule has 1 amide bonds. The lowest BCUT2D eigenvalue weighted by atomic mass is 10.1. The maximum atomic E-state index is 12.5. The van der Waals surface area contributed by atoms with Gasteiger partial charge in [-0.05, 0) is 41.3 Å². The normalized spacial score (nSPS) is 15.8. The molecule has 0 aliphatic carbocycles. The number of benzene rings is 2. The molecule has 10 heteroatoms. The van der Waals surface area contributed by atoms with Crippen LogP contribution in [0.1, 0.15) is 5.56 Å². The smallest absolute Gasteiger partial charge is 0.283 e. The molecule has 0 aromatic heterocycles. The minimum absolute atomic E-state index is 0.0594. The number of fused-ring (bicyclic) bond motifs is 1. The van der Waals surface area contributed by atoms with Crippen molar-refractivity contribution in [3.8, 4) is 28.7 Å². The highest BCUT2D eigenvalue weighted by atomic mass is 32.2. The topological polar surface area (TPSA) is 103 Å². The number of hydrogen-bond acceptors (Lipinski definition) is 8. The zero-order valence-corrected chi connectivity index (χ0v) is 19.7. The molecule has 0 unspecified atom stereocenters. The fourth-order valence-corrected chi connectivity index (χ4v) is 4.02. The van der Waals surface area contributed by atoms with Crippen LogP contribution in [0.2, 0.25) is 0 Å². The molecule has 2 aromatic rings. The van der Waals surface area contributed by atoms with Gasteiger partial charge in [-0.15, -0.1) is 0 Å². The number of carbonyl (C=O) groups excluding carboxylic acids is 1. The van der Waals surface area contributed by atoms with Gasteiger partial charge in [0, 0.05) is 12.3 Å². The van der Waals surface area contributed by atoms with E-state index in [1.807, 2.05) is 18.2 Å². The highest BCUT2D eigenvalue weighted by Gasteiger charge is 2.31. The molecule has 2 aliphatic heterocycles. The zero-order chi connectivity index (χ0) is 24.1. The fraction of sp³-hybridized carbons (Fsp3) is 0.208. The third kappa shape index (κ3) is 4.86. The SMILES string of the molecule is COc1cccc(OCCOc2c(OC)cc(/C=C3/C(=N)N4C=CSC4=NC3=O)cc2OC)c1. The van der Waals surface area contributed by atoms with Crippen molar-refractivity contribution in [2.45, 2.75) is 0 Å². The lowest BCUT2D eigenvalue weighted by molar-refractivity contribution is -0.114. The van der Waals surface area contributed by atoms with Crippen molar-refractivity contribution in [1.82, 2.24) is 4.90 Å². The van der Waals surface area contributed by atoms with E-state index in [1.165, 1.54) is 26.0 Å². The van der Waals surface area contributed by atoms with Crippen molar-refractivity contribution in [2.75, 3.05) is 34.5 Å². The molecule has 34 heavy (non-hydrogen) atoms. The van der Waals surface area contributed by atoms with Crippen LogP contribution < -0.4 is 23.7 Å². The number of hydrogen-bond donors (Lipinski definition) is 1. The van der Waals surface area contributed by atoms with E-state index >= 15 is 0 Å². The largest absolute Gasteiger partial charge is 0.497 e. The lowest BCUT2D eigenvalue weighted by Gasteiger charge is -2.22. The average molecular weight is 482 g/mol. The summed E-state index contributed by atoms with van der Waals surface area (Å²) in [6.07, 6.45) is 3.29. The maximum absolute atomic E-state index is 12.5. The Morgan fingerprint density at radius 2 is 1.71 bits per heavy atom. The Morgan fingerprint density at radius 1 is 1.00 bits per heavy atom. The van der Waals surface area contributed by atoms with Crippen LogP contribution in [0.15, 0.2) is 58.6 Å². The molecule has 1 N–H and O–H groups in total. The van der Waals surface area contributed by atoms with Crippen LogP contribution in [0.4, 0.5) is 0 Å². The molecule has 0 saturated heterocycles. The van der Waals surface area contributed by atoms with Gasteiger partial charge in [0.1, 0.15) is 30.5 Å². The predicted octanol–water partition coefficient (Wildman–Crippen LogP) is 3.95. The number of nitrogens with zero attached hydrogens (tertiary/aromatic N) is 2. The van der Waals surface area contributed by atoms with Crippen LogP contribution in [-0.2, 0) is 4.79 Å². The van der Waals surface area contributed by atoms with Crippen molar-refractivity contribution in [3.05, 3.63) is 59.1 Å². The third-order valence-electron chi connectivity index (χ3n) is 4.95. The first-order chi connectivity index (χ1) is 16.5. The Kier molecular flexibility index (Phi) is 7.07. The fourth-order valence-electron chi connectivity index (χ4n) is 3.32. The molecule has 9 nitrogen and oxygen atoms in total. The molecule has 2 heterocycles. The van der Waals surface area contributed by atoms with Gasteiger partial charge in [-0.1, -0.05) is 17.8 Å². The van der Waals surface area contributed by atoms with Crippen molar-refractivity contribution >= 4 is 34.7 Å². The van der Waals surface area contributed by atoms with Crippen molar-refractivity contribution in [1.29, 1.82) is 5.41 Å². The van der Waals surface area contributed by atoms with E-state index < -0.39 is 5.91 Å². The highest BCUT2D eigenvalue weighted by Crippen LogP contribution is 2.39. The molecular weight excluding hydrogens is 458 g/mol. The van der Waals surface area contributed by atoms with Crippen molar-refractivity contribution in [3.63, 3.8) is 0 Å². The number of nitrogens with one attached hydrogen (secondary N) is 1. The molecule has 2 aromatic carbocycles. The Balaban J connectivity index is 1.50. The summed E-state index contributed by atoms with van der Waals surface area (Å²) in [7, 11) is 4.63. The molecule has 0 radical (unpaired) electrons. The monoisotopic (exact) mass is 481 g/mol. The van der Waals surface area contributed by atoms with E-state index in [0.29, 0.717) is 46.1 Å². The molecular formula is C24H23N3O6S. The van der Waals surface area contributed by atoms with Gasteiger partial charge < -0.3 is 23.7 Å². The van der Waals surface area contributed by atoms with Gasteiger partial charge in [-0.2, -0.15) is 4.99 Å². The predicted molar refractivity (Wildman–Crippen MR) is 130 cm³/mol. The number of carbonyl (C=O) groups is 1. The van der Waals surface area contributed by atoms with E-state index in [1.54, 1.807) is 47.9 Å². The highest BCUT2D eigenvalue weighted by molar-refractivity contribution is 8.16. The number of thioether (sulfide) groups is 1. The number of amidine groups is 2. The standard InChI is InChI=1S/C24H23N3O6S/c1-29-16-5-4-6-17(14-16)32-8-9-33-21-19(30-2)12-15(13-20(21)31-3)11-18-22(25)27-7-10-34-24(27)26-23(18)28/h4-7,10-14,25H,8-9H2,1-3H3/b18-11-,25-22?. The van der Waals surface area contributed by atoms with Gasteiger partial charge in [0.15, 0.2) is 16.7 Å². The lowest BCUT2D eigenvalue weighted by Crippen LogP contribution is -2.35. The Labute approximate surface area is 201 Å². The Bertz CT molecular complexity index is 1180. The quantitative estimate of drug-likeness (QED) is 0.424. The minimum Gasteiger partial charge on any atom is -0.497 e. The number of aliphatic imine (C=N–C) groups is 1. The Hall–Kier alpha value is -3.92. The molecule has 176 valence electrons. The maximum Gasteiger partial charge on any atom is 0.283 e. The zero-order valence-electron chi connectivity index (χ0n) is 18.9. The first-order valence-electron chi connectivity index (χ1n) is 10.3. The molecule has 0 fully saturated rings. The van der Waals surface area contributed by atoms with Crippen molar-refractivity contribution < 1.29 is 28.5 Å². The van der Waals surface area contributed by atoms with Crippen LogP contribution in [0, 0.1) is 5.41 Å². The minimum atomic E-state index is -0.472. The number of methoxy groups -OCH3 is 3. The second-order valence-electron chi connectivity index (χ2n) is 7.01. The third-order valence-corrected chi connectivity index (χ3v) is 5.70.